The maximum absolute atomic E-state index is 12.3. The SMILES string of the molecule is CC(C)C[C@H](C(=O)O)n1ccc2ncccc2c1=O. The lowest BCUT2D eigenvalue weighted by atomic mass is 10.0. The Balaban J connectivity index is 2.57. The average Bonchev–Trinajstić information content (AvgIpc) is 2.37. The van der Waals surface area contributed by atoms with E-state index < -0.39 is 12.0 Å². The molecule has 5 nitrogen and oxygen atoms in total. The van der Waals surface area contributed by atoms with E-state index in [1.54, 1.807) is 24.4 Å². The van der Waals surface area contributed by atoms with E-state index in [1.807, 2.05) is 13.8 Å². The number of hydrogen-bond acceptors (Lipinski definition) is 3. The van der Waals surface area contributed by atoms with Gasteiger partial charge >= 0.3 is 5.97 Å². The third-order valence-electron chi connectivity index (χ3n) is 3.01. The molecule has 2 aromatic rings. The lowest BCUT2D eigenvalue weighted by molar-refractivity contribution is -0.141. The number of carbonyl (C=O) groups is 1. The van der Waals surface area contributed by atoms with Gasteiger partial charge < -0.3 is 9.67 Å². The fraction of sp³-hybridized carbons (Fsp3) is 0.357. The fourth-order valence-corrected chi connectivity index (χ4v) is 2.11. The van der Waals surface area contributed by atoms with Crippen LogP contribution in [0.2, 0.25) is 0 Å². The van der Waals surface area contributed by atoms with E-state index in [0.717, 1.165) is 0 Å². The first-order valence-corrected chi connectivity index (χ1v) is 6.19. The minimum absolute atomic E-state index is 0.192. The molecule has 0 saturated carbocycles. The van der Waals surface area contributed by atoms with Crippen molar-refractivity contribution in [2.45, 2.75) is 26.3 Å². The second-order valence-electron chi connectivity index (χ2n) is 4.95. The standard InChI is InChI=1S/C14H16N2O3/c1-9(2)8-12(14(18)19)16-7-5-11-10(13(16)17)4-3-6-15-11/h3-7,9,12H,8H2,1-2H3,(H,18,19)/t12-/m1/s1. The number of nitrogens with zero attached hydrogens (tertiary/aromatic N) is 2. The first kappa shape index (κ1) is 13.3. The number of pyridine rings is 2. The van der Waals surface area contributed by atoms with Crippen molar-refractivity contribution in [2.24, 2.45) is 5.92 Å². The quantitative estimate of drug-likeness (QED) is 0.913. The summed E-state index contributed by atoms with van der Waals surface area (Å²) in [6, 6.07) is 4.17. The molecule has 1 atom stereocenters. The zero-order valence-corrected chi connectivity index (χ0v) is 10.9. The Bertz CT molecular complexity index is 661. The lowest BCUT2D eigenvalue weighted by Gasteiger charge is -2.17. The first-order valence-electron chi connectivity index (χ1n) is 6.19. The van der Waals surface area contributed by atoms with E-state index in [2.05, 4.69) is 4.98 Å². The largest absolute Gasteiger partial charge is 0.480 e. The monoisotopic (exact) mass is 260 g/mol. The summed E-state index contributed by atoms with van der Waals surface area (Å²) in [4.78, 5) is 27.8. The van der Waals surface area contributed by atoms with Gasteiger partial charge in [0.2, 0.25) is 0 Å². The Morgan fingerprint density at radius 3 is 2.79 bits per heavy atom. The number of aliphatic carboxylic acids is 1. The molecule has 100 valence electrons. The first-order chi connectivity index (χ1) is 9.00. The van der Waals surface area contributed by atoms with Gasteiger partial charge in [-0.25, -0.2) is 4.79 Å². The molecule has 2 aromatic heterocycles. The molecular formula is C14H16N2O3. The molecule has 0 unspecified atom stereocenters. The van der Waals surface area contributed by atoms with Crippen molar-refractivity contribution in [2.75, 3.05) is 0 Å². The van der Waals surface area contributed by atoms with Gasteiger partial charge in [-0.05, 0) is 30.5 Å². The van der Waals surface area contributed by atoms with Gasteiger partial charge in [0, 0.05) is 12.4 Å². The molecule has 19 heavy (non-hydrogen) atoms. The van der Waals surface area contributed by atoms with Crippen LogP contribution in [0.3, 0.4) is 0 Å². The van der Waals surface area contributed by atoms with Gasteiger partial charge in [0.1, 0.15) is 6.04 Å². The summed E-state index contributed by atoms with van der Waals surface area (Å²) < 4.78 is 1.28. The number of hydrogen-bond donors (Lipinski definition) is 1. The van der Waals surface area contributed by atoms with Crippen molar-refractivity contribution in [1.82, 2.24) is 9.55 Å². The van der Waals surface area contributed by atoms with Crippen LogP contribution in [0.15, 0.2) is 35.4 Å². The Kier molecular flexibility index (Phi) is 3.64. The van der Waals surface area contributed by atoms with E-state index in [0.29, 0.717) is 17.3 Å². The van der Waals surface area contributed by atoms with Crippen LogP contribution in [0.1, 0.15) is 26.3 Å². The molecule has 0 saturated heterocycles. The molecule has 0 aliphatic carbocycles. The molecule has 1 N–H and O–H groups in total. The third-order valence-corrected chi connectivity index (χ3v) is 3.01. The predicted octanol–water partition coefficient (Wildman–Crippen LogP) is 2.07. The summed E-state index contributed by atoms with van der Waals surface area (Å²) in [6.45, 7) is 3.87. The Morgan fingerprint density at radius 1 is 1.42 bits per heavy atom. The van der Waals surface area contributed by atoms with Gasteiger partial charge in [0.15, 0.2) is 0 Å². The van der Waals surface area contributed by atoms with E-state index >= 15 is 0 Å². The molecule has 2 rings (SSSR count). The van der Waals surface area contributed by atoms with Crippen LogP contribution in [0.25, 0.3) is 10.9 Å². The van der Waals surface area contributed by atoms with Crippen LogP contribution < -0.4 is 5.56 Å². The molecule has 0 radical (unpaired) electrons. The van der Waals surface area contributed by atoms with Crippen LogP contribution in [0, 0.1) is 5.92 Å². The Labute approximate surface area is 110 Å². The van der Waals surface area contributed by atoms with E-state index in [4.69, 9.17) is 0 Å². The second kappa shape index (κ2) is 5.22. The molecule has 0 aliphatic heterocycles. The number of carboxylic acids is 1. The van der Waals surface area contributed by atoms with Crippen molar-refractivity contribution in [3.05, 3.63) is 40.9 Å². The Morgan fingerprint density at radius 2 is 2.16 bits per heavy atom. The van der Waals surface area contributed by atoms with Crippen molar-refractivity contribution >= 4 is 16.9 Å². The highest BCUT2D eigenvalue weighted by atomic mass is 16.4. The molecule has 5 heteroatoms. The van der Waals surface area contributed by atoms with Crippen LogP contribution in [0.4, 0.5) is 0 Å². The van der Waals surface area contributed by atoms with Crippen molar-refractivity contribution < 1.29 is 9.90 Å². The van der Waals surface area contributed by atoms with Crippen LogP contribution in [-0.4, -0.2) is 20.6 Å². The second-order valence-corrected chi connectivity index (χ2v) is 4.95. The van der Waals surface area contributed by atoms with Crippen LogP contribution >= 0.6 is 0 Å². The van der Waals surface area contributed by atoms with Gasteiger partial charge in [0.05, 0.1) is 10.9 Å². The number of aromatic nitrogens is 2. The molecule has 0 spiro atoms. The molecule has 0 fully saturated rings. The van der Waals surface area contributed by atoms with Crippen molar-refractivity contribution in [1.29, 1.82) is 0 Å². The summed E-state index contributed by atoms with van der Waals surface area (Å²) in [5.74, 6) is -0.795. The van der Waals surface area contributed by atoms with Crippen molar-refractivity contribution in [3.63, 3.8) is 0 Å². The zero-order valence-electron chi connectivity index (χ0n) is 10.9. The van der Waals surface area contributed by atoms with Crippen molar-refractivity contribution in [3.8, 4) is 0 Å². The van der Waals surface area contributed by atoms with E-state index in [-0.39, 0.29) is 11.5 Å². The minimum atomic E-state index is -0.987. The number of rotatable bonds is 4. The topological polar surface area (TPSA) is 72.2 Å². The normalized spacial score (nSPS) is 12.8. The van der Waals surface area contributed by atoms with Crippen LogP contribution in [-0.2, 0) is 4.79 Å². The maximum atomic E-state index is 12.3. The smallest absolute Gasteiger partial charge is 0.326 e. The summed E-state index contributed by atoms with van der Waals surface area (Å²) >= 11 is 0. The molecule has 0 bridgehead atoms. The molecule has 0 amide bonds. The highest BCUT2D eigenvalue weighted by Crippen LogP contribution is 2.17. The third kappa shape index (κ3) is 2.65. The number of fused-ring (bicyclic) bond motifs is 1. The van der Waals surface area contributed by atoms with Gasteiger partial charge in [0.25, 0.3) is 5.56 Å². The lowest BCUT2D eigenvalue weighted by Crippen LogP contribution is -2.30. The van der Waals surface area contributed by atoms with E-state index in [1.165, 1.54) is 10.8 Å². The molecule has 2 heterocycles. The molecule has 0 aromatic carbocycles. The predicted molar refractivity (Wildman–Crippen MR) is 72.1 cm³/mol. The summed E-state index contributed by atoms with van der Waals surface area (Å²) in [5, 5.41) is 9.74. The maximum Gasteiger partial charge on any atom is 0.326 e. The summed E-state index contributed by atoms with van der Waals surface area (Å²) in [5.41, 5.74) is 0.274. The Hall–Kier alpha value is -2.17. The van der Waals surface area contributed by atoms with Gasteiger partial charge in [-0.3, -0.25) is 9.78 Å². The number of carboxylic acid groups (broad SMARTS) is 1. The van der Waals surface area contributed by atoms with Gasteiger partial charge in [-0.1, -0.05) is 13.8 Å². The highest BCUT2D eigenvalue weighted by molar-refractivity contribution is 5.78. The summed E-state index contributed by atoms with van der Waals surface area (Å²) in [7, 11) is 0. The van der Waals surface area contributed by atoms with Crippen LogP contribution in [0.5, 0.6) is 0 Å². The van der Waals surface area contributed by atoms with Gasteiger partial charge in [-0.2, -0.15) is 0 Å². The average molecular weight is 260 g/mol. The highest BCUT2D eigenvalue weighted by Gasteiger charge is 2.22. The molecular weight excluding hydrogens is 244 g/mol. The molecule has 0 aliphatic rings. The summed E-state index contributed by atoms with van der Waals surface area (Å²) in [6.07, 6.45) is 3.54. The zero-order chi connectivity index (χ0) is 14.0. The van der Waals surface area contributed by atoms with E-state index in [9.17, 15) is 14.7 Å². The van der Waals surface area contributed by atoms with Gasteiger partial charge in [-0.15, -0.1) is 0 Å². The fourth-order valence-electron chi connectivity index (χ4n) is 2.11. The minimum Gasteiger partial charge on any atom is -0.480 e.